The second-order valence-electron chi connectivity index (χ2n) is 4.40. The van der Waals surface area contributed by atoms with Crippen LogP contribution in [0.2, 0.25) is 0 Å². The normalized spacial score (nSPS) is 10.2. The Balaban J connectivity index is 2.20. The van der Waals surface area contributed by atoms with Crippen molar-refractivity contribution in [3.8, 4) is 5.75 Å². The van der Waals surface area contributed by atoms with Gasteiger partial charge in [-0.1, -0.05) is 6.92 Å². The lowest BCUT2D eigenvalue weighted by Crippen LogP contribution is -2.06. The Morgan fingerprint density at radius 2 is 2.00 bits per heavy atom. The predicted molar refractivity (Wildman–Crippen MR) is 89.2 cm³/mol. The molecule has 0 atom stereocenters. The molecule has 1 aromatic carbocycles. The van der Waals surface area contributed by atoms with Crippen molar-refractivity contribution in [2.24, 2.45) is 0 Å². The highest BCUT2D eigenvalue weighted by Gasteiger charge is 2.05. The second-order valence-corrected chi connectivity index (χ2v) is 5.25. The molecule has 112 valence electrons. The fraction of sp³-hybridized carbons (Fsp3) is 0.286. The second kappa shape index (κ2) is 7.12. The molecule has 2 rings (SSSR count). The monoisotopic (exact) mass is 351 g/mol. The maximum absolute atomic E-state index is 5.73. The zero-order chi connectivity index (χ0) is 15.2. The Morgan fingerprint density at radius 1 is 1.24 bits per heavy atom. The number of aromatic nitrogens is 2. The molecule has 1 heterocycles. The van der Waals surface area contributed by atoms with E-state index in [4.69, 9.17) is 10.5 Å². The number of hydrogen-bond donors (Lipinski definition) is 3. The van der Waals surface area contributed by atoms with Crippen LogP contribution in [0.4, 0.5) is 23.3 Å². The number of nitrogen functional groups attached to an aromatic ring is 1. The highest BCUT2D eigenvalue weighted by molar-refractivity contribution is 9.10. The van der Waals surface area contributed by atoms with Gasteiger partial charge in [-0.05, 0) is 34.5 Å². The van der Waals surface area contributed by atoms with E-state index >= 15 is 0 Å². The van der Waals surface area contributed by atoms with Crippen molar-refractivity contribution in [2.75, 3.05) is 30.0 Å². The molecule has 0 fully saturated rings. The van der Waals surface area contributed by atoms with E-state index in [-0.39, 0.29) is 5.95 Å². The van der Waals surface area contributed by atoms with E-state index in [0.717, 1.165) is 28.9 Å². The average Bonchev–Trinajstić information content (AvgIpc) is 2.46. The van der Waals surface area contributed by atoms with Crippen molar-refractivity contribution in [2.45, 2.75) is 13.3 Å². The SMILES string of the molecule is CCCNc1cc(Nc2ccc(Br)c(OC)c2)nc(N)n1. The van der Waals surface area contributed by atoms with Crippen LogP contribution >= 0.6 is 15.9 Å². The number of nitrogens with two attached hydrogens (primary N) is 1. The molecule has 6 nitrogen and oxygen atoms in total. The number of halogens is 1. The van der Waals surface area contributed by atoms with Gasteiger partial charge >= 0.3 is 0 Å². The molecule has 21 heavy (non-hydrogen) atoms. The molecule has 4 N–H and O–H groups in total. The minimum atomic E-state index is 0.225. The summed E-state index contributed by atoms with van der Waals surface area (Å²) in [7, 11) is 1.62. The van der Waals surface area contributed by atoms with Crippen molar-refractivity contribution >= 4 is 39.2 Å². The topological polar surface area (TPSA) is 85.1 Å². The Bertz CT molecular complexity index is 620. The predicted octanol–water partition coefficient (Wildman–Crippen LogP) is 3.40. The van der Waals surface area contributed by atoms with E-state index in [1.165, 1.54) is 0 Å². The number of benzene rings is 1. The van der Waals surface area contributed by atoms with Crippen molar-refractivity contribution in [3.63, 3.8) is 0 Å². The van der Waals surface area contributed by atoms with Crippen molar-refractivity contribution in [1.29, 1.82) is 0 Å². The number of nitrogens with one attached hydrogen (secondary N) is 2. The Morgan fingerprint density at radius 3 is 2.71 bits per heavy atom. The van der Waals surface area contributed by atoms with Gasteiger partial charge in [-0.25, -0.2) is 0 Å². The van der Waals surface area contributed by atoms with Crippen LogP contribution in [0.3, 0.4) is 0 Å². The summed E-state index contributed by atoms with van der Waals surface area (Å²) < 4.78 is 6.16. The van der Waals surface area contributed by atoms with Gasteiger partial charge in [0.1, 0.15) is 17.4 Å². The summed E-state index contributed by atoms with van der Waals surface area (Å²) in [5.74, 6) is 2.30. The molecule has 0 saturated carbocycles. The van der Waals surface area contributed by atoms with Gasteiger partial charge in [0.2, 0.25) is 5.95 Å². The molecular weight excluding hydrogens is 334 g/mol. The molecule has 0 aliphatic rings. The number of rotatable bonds is 6. The molecule has 1 aromatic heterocycles. The minimum absolute atomic E-state index is 0.225. The first-order chi connectivity index (χ1) is 10.1. The highest BCUT2D eigenvalue weighted by atomic mass is 79.9. The molecule has 0 amide bonds. The Hall–Kier alpha value is -2.02. The van der Waals surface area contributed by atoms with Gasteiger partial charge in [-0.3, -0.25) is 0 Å². The molecule has 0 unspecified atom stereocenters. The number of ether oxygens (including phenoxy) is 1. The molecule has 0 spiro atoms. The third kappa shape index (κ3) is 4.22. The van der Waals surface area contributed by atoms with Crippen molar-refractivity contribution in [1.82, 2.24) is 9.97 Å². The van der Waals surface area contributed by atoms with E-state index in [9.17, 15) is 0 Å². The number of hydrogen-bond acceptors (Lipinski definition) is 6. The van der Waals surface area contributed by atoms with Gasteiger partial charge in [0.15, 0.2) is 0 Å². The molecular formula is C14H18BrN5O. The summed E-state index contributed by atoms with van der Waals surface area (Å²) >= 11 is 3.42. The summed E-state index contributed by atoms with van der Waals surface area (Å²) in [5.41, 5.74) is 6.59. The molecule has 0 radical (unpaired) electrons. The molecule has 7 heteroatoms. The first-order valence-corrected chi connectivity index (χ1v) is 7.40. The van der Waals surface area contributed by atoms with E-state index in [1.807, 2.05) is 24.3 Å². The zero-order valence-corrected chi connectivity index (χ0v) is 13.6. The quantitative estimate of drug-likeness (QED) is 0.739. The van der Waals surface area contributed by atoms with Crippen LogP contribution in [-0.4, -0.2) is 23.6 Å². The summed E-state index contributed by atoms with van der Waals surface area (Å²) in [6.45, 7) is 2.92. The lowest BCUT2D eigenvalue weighted by molar-refractivity contribution is 0.412. The summed E-state index contributed by atoms with van der Waals surface area (Å²) in [6.07, 6.45) is 1.01. The van der Waals surface area contributed by atoms with Gasteiger partial charge in [0.25, 0.3) is 0 Å². The van der Waals surface area contributed by atoms with Crippen molar-refractivity contribution in [3.05, 3.63) is 28.7 Å². The van der Waals surface area contributed by atoms with Gasteiger partial charge in [-0.2, -0.15) is 9.97 Å². The van der Waals surface area contributed by atoms with E-state index in [2.05, 4.69) is 43.5 Å². The molecule has 0 saturated heterocycles. The maximum atomic E-state index is 5.73. The van der Waals surface area contributed by atoms with Gasteiger partial charge in [0, 0.05) is 24.4 Å². The standard InChI is InChI=1S/C14H18BrN5O/c1-3-6-17-12-8-13(20-14(16)19-12)18-9-4-5-10(15)11(7-9)21-2/h4-5,7-8H,3,6H2,1-2H3,(H4,16,17,18,19,20). The van der Waals surface area contributed by atoms with E-state index < -0.39 is 0 Å². The number of methoxy groups -OCH3 is 1. The lowest BCUT2D eigenvalue weighted by atomic mass is 10.3. The summed E-state index contributed by atoms with van der Waals surface area (Å²) in [5, 5.41) is 6.38. The third-order valence-corrected chi connectivity index (χ3v) is 3.38. The largest absolute Gasteiger partial charge is 0.495 e. The Labute approximate surface area is 132 Å². The van der Waals surface area contributed by atoms with E-state index in [0.29, 0.717) is 11.6 Å². The average molecular weight is 352 g/mol. The van der Waals surface area contributed by atoms with Crippen LogP contribution < -0.4 is 21.1 Å². The smallest absolute Gasteiger partial charge is 0.223 e. The van der Waals surface area contributed by atoms with Gasteiger partial charge in [0.05, 0.1) is 11.6 Å². The Kier molecular flexibility index (Phi) is 5.21. The molecule has 2 aromatic rings. The van der Waals surface area contributed by atoms with Crippen molar-refractivity contribution < 1.29 is 4.74 Å². The fourth-order valence-corrected chi connectivity index (χ4v) is 2.17. The van der Waals surface area contributed by atoms with Gasteiger partial charge in [-0.15, -0.1) is 0 Å². The number of anilines is 4. The van der Waals surface area contributed by atoms with Crippen LogP contribution in [0.5, 0.6) is 5.75 Å². The van der Waals surface area contributed by atoms with Crippen LogP contribution in [-0.2, 0) is 0 Å². The summed E-state index contributed by atoms with van der Waals surface area (Å²) in [4.78, 5) is 8.32. The van der Waals surface area contributed by atoms with Crippen LogP contribution in [0, 0.1) is 0 Å². The number of nitrogens with zero attached hydrogens (tertiary/aromatic N) is 2. The summed E-state index contributed by atoms with van der Waals surface area (Å²) in [6, 6.07) is 7.52. The first kappa shape index (κ1) is 15.4. The van der Waals surface area contributed by atoms with Gasteiger partial charge < -0.3 is 21.1 Å². The lowest BCUT2D eigenvalue weighted by Gasteiger charge is -2.11. The minimum Gasteiger partial charge on any atom is -0.495 e. The van der Waals surface area contributed by atoms with Crippen LogP contribution in [0.15, 0.2) is 28.7 Å². The van der Waals surface area contributed by atoms with Crippen LogP contribution in [0.25, 0.3) is 0 Å². The third-order valence-electron chi connectivity index (χ3n) is 2.72. The zero-order valence-electron chi connectivity index (χ0n) is 12.0. The molecule has 0 bridgehead atoms. The molecule has 0 aliphatic carbocycles. The highest BCUT2D eigenvalue weighted by Crippen LogP contribution is 2.29. The first-order valence-electron chi connectivity index (χ1n) is 6.61. The van der Waals surface area contributed by atoms with E-state index in [1.54, 1.807) is 7.11 Å². The maximum Gasteiger partial charge on any atom is 0.223 e. The van der Waals surface area contributed by atoms with Crippen LogP contribution in [0.1, 0.15) is 13.3 Å². The molecule has 0 aliphatic heterocycles. The fourth-order valence-electron chi connectivity index (χ4n) is 1.76.